The Balaban J connectivity index is 2.05. The van der Waals surface area contributed by atoms with Crippen molar-refractivity contribution in [1.29, 1.82) is 5.26 Å². The minimum absolute atomic E-state index is 0.0620. The van der Waals surface area contributed by atoms with Gasteiger partial charge in [-0.25, -0.2) is 4.98 Å². The summed E-state index contributed by atoms with van der Waals surface area (Å²) in [7, 11) is 1.48. The monoisotopic (exact) mass is 302 g/mol. The Morgan fingerprint density at radius 2 is 2.00 bits per heavy atom. The smallest absolute Gasteiger partial charge is 0.161 e. The van der Waals surface area contributed by atoms with E-state index in [1.807, 2.05) is 36.4 Å². The van der Waals surface area contributed by atoms with Crippen LogP contribution >= 0.6 is 0 Å². The van der Waals surface area contributed by atoms with Crippen LogP contribution in [0, 0.1) is 11.3 Å². The third-order valence-electron chi connectivity index (χ3n) is 3.51. The van der Waals surface area contributed by atoms with Crippen molar-refractivity contribution < 1.29 is 9.84 Å². The van der Waals surface area contributed by atoms with Gasteiger partial charge in [0.15, 0.2) is 11.5 Å². The Morgan fingerprint density at radius 1 is 1.17 bits per heavy atom. The number of hydrogen-bond donors (Lipinski definition) is 1. The highest BCUT2D eigenvalue weighted by molar-refractivity contribution is 5.91. The molecule has 0 amide bonds. The van der Waals surface area contributed by atoms with Gasteiger partial charge in [-0.15, -0.1) is 0 Å². The standard InChI is InChI=1S/C19H14N2O2/c1-23-19-11-13(6-9-18(19)22)10-15(12-20)17-8-7-14-4-2-3-5-16(14)21-17/h2-11,22H,1H3/b15-10+. The van der Waals surface area contributed by atoms with Gasteiger partial charge in [0.25, 0.3) is 0 Å². The van der Waals surface area contributed by atoms with Gasteiger partial charge in [-0.3, -0.25) is 0 Å². The highest BCUT2D eigenvalue weighted by atomic mass is 16.5. The van der Waals surface area contributed by atoms with Crippen molar-refractivity contribution in [3.8, 4) is 17.6 Å². The number of allylic oxidation sites excluding steroid dienone is 1. The van der Waals surface area contributed by atoms with E-state index >= 15 is 0 Å². The Hall–Kier alpha value is -3.32. The molecule has 0 atom stereocenters. The van der Waals surface area contributed by atoms with Gasteiger partial charge in [0.1, 0.15) is 6.07 Å². The SMILES string of the molecule is COc1cc(/C=C(\C#N)c2ccc3ccccc3n2)ccc1O. The number of benzene rings is 2. The predicted molar refractivity (Wildman–Crippen MR) is 89.9 cm³/mol. The number of pyridine rings is 1. The van der Waals surface area contributed by atoms with Gasteiger partial charge in [-0.2, -0.15) is 5.26 Å². The minimum Gasteiger partial charge on any atom is -0.504 e. The molecule has 0 aliphatic carbocycles. The largest absolute Gasteiger partial charge is 0.504 e. The number of phenolic OH excluding ortho intramolecular Hbond substituents is 1. The van der Waals surface area contributed by atoms with Gasteiger partial charge >= 0.3 is 0 Å². The first-order valence-electron chi connectivity index (χ1n) is 7.06. The van der Waals surface area contributed by atoms with E-state index in [1.165, 1.54) is 13.2 Å². The maximum atomic E-state index is 9.64. The van der Waals surface area contributed by atoms with Crippen molar-refractivity contribution in [3.05, 3.63) is 65.9 Å². The molecule has 0 saturated heterocycles. The Kier molecular flexibility index (Phi) is 3.94. The topological polar surface area (TPSA) is 66.1 Å². The normalized spacial score (nSPS) is 11.2. The van der Waals surface area contributed by atoms with E-state index in [2.05, 4.69) is 11.1 Å². The highest BCUT2D eigenvalue weighted by Crippen LogP contribution is 2.28. The molecule has 0 unspecified atom stereocenters. The van der Waals surface area contributed by atoms with Crippen molar-refractivity contribution in [2.24, 2.45) is 0 Å². The van der Waals surface area contributed by atoms with Crippen molar-refractivity contribution in [3.63, 3.8) is 0 Å². The fourth-order valence-corrected chi connectivity index (χ4v) is 2.33. The van der Waals surface area contributed by atoms with Crippen LogP contribution in [0.4, 0.5) is 0 Å². The molecule has 1 N–H and O–H groups in total. The molecule has 0 saturated carbocycles. The quantitative estimate of drug-likeness (QED) is 0.742. The number of aromatic hydroxyl groups is 1. The van der Waals surface area contributed by atoms with E-state index in [0.29, 0.717) is 17.0 Å². The molecule has 0 aliphatic rings. The molecule has 0 aliphatic heterocycles. The Morgan fingerprint density at radius 3 is 2.78 bits per heavy atom. The molecule has 3 aromatic rings. The summed E-state index contributed by atoms with van der Waals surface area (Å²) >= 11 is 0. The van der Waals surface area contributed by atoms with Gasteiger partial charge < -0.3 is 9.84 Å². The summed E-state index contributed by atoms with van der Waals surface area (Å²) in [6.07, 6.45) is 1.72. The Bertz CT molecular complexity index is 939. The van der Waals surface area contributed by atoms with Gasteiger partial charge in [0.05, 0.1) is 23.9 Å². The van der Waals surface area contributed by atoms with Crippen LogP contribution < -0.4 is 4.74 Å². The third-order valence-corrected chi connectivity index (χ3v) is 3.51. The molecule has 0 spiro atoms. The van der Waals surface area contributed by atoms with E-state index in [0.717, 1.165) is 16.5 Å². The van der Waals surface area contributed by atoms with Crippen LogP contribution in [-0.4, -0.2) is 17.2 Å². The average Bonchev–Trinajstić information content (AvgIpc) is 2.60. The molecule has 4 nitrogen and oxygen atoms in total. The van der Waals surface area contributed by atoms with Crippen LogP contribution in [0.25, 0.3) is 22.6 Å². The van der Waals surface area contributed by atoms with Crippen molar-refractivity contribution in [2.75, 3.05) is 7.11 Å². The number of para-hydroxylation sites is 1. The lowest BCUT2D eigenvalue weighted by atomic mass is 10.1. The lowest BCUT2D eigenvalue weighted by Gasteiger charge is -2.05. The fraction of sp³-hybridized carbons (Fsp3) is 0.0526. The zero-order valence-corrected chi connectivity index (χ0v) is 12.5. The van der Waals surface area contributed by atoms with Crippen LogP contribution in [0.1, 0.15) is 11.3 Å². The number of hydrogen-bond acceptors (Lipinski definition) is 4. The minimum atomic E-state index is 0.0620. The molecule has 0 fully saturated rings. The van der Waals surface area contributed by atoms with E-state index < -0.39 is 0 Å². The van der Waals surface area contributed by atoms with Gasteiger partial charge in [-0.1, -0.05) is 30.3 Å². The summed E-state index contributed by atoms with van der Waals surface area (Å²) < 4.78 is 5.09. The number of fused-ring (bicyclic) bond motifs is 1. The van der Waals surface area contributed by atoms with Crippen LogP contribution in [0.3, 0.4) is 0 Å². The predicted octanol–water partition coefficient (Wildman–Crippen LogP) is 4.01. The van der Waals surface area contributed by atoms with Crippen LogP contribution in [-0.2, 0) is 0 Å². The zero-order chi connectivity index (χ0) is 16.2. The average molecular weight is 302 g/mol. The summed E-state index contributed by atoms with van der Waals surface area (Å²) in [5, 5.41) is 20.1. The van der Waals surface area contributed by atoms with Crippen LogP contribution in [0.2, 0.25) is 0 Å². The summed E-state index contributed by atoms with van der Waals surface area (Å²) in [5.74, 6) is 0.425. The first-order chi connectivity index (χ1) is 11.2. The molecule has 112 valence electrons. The first kappa shape index (κ1) is 14.6. The van der Waals surface area contributed by atoms with Crippen LogP contribution in [0.15, 0.2) is 54.6 Å². The fourth-order valence-electron chi connectivity index (χ4n) is 2.33. The van der Waals surface area contributed by atoms with E-state index in [-0.39, 0.29) is 5.75 Å². The summed E-state index contributed by atoms with van der Waals surface area (Å²) in [6.45, 7) is 0. The molecular weight excluding hydrogens is 288 g/mol. The summed E-state index contributed by atoms with van der Waals surface area (Å²) in [6, 6.07) is 18.6. The number of aromatic nitrogens is 1. The molecule has 1 aromatic heterocycles. The number of nitriles is 1. The van der Waals surface area contributed by atoms with Crippen molar-refractivity contribution in [1.82, 2.24) is 4.98 Å². The second-order valence-corrected chi connectivity index (χ2v) is 4.99. The number of methoxy groups -OCH3 is 1. The highest BCUT2D eigenvalue weighted by Gasteiger charge is 2.06. The van der Waals surface area contributed by atoms with E-state index in [1.54, 1.807) is 18.2 Å². The number of ether oxygens (including phenoxy) is 1. The van der Waals surface area contributed by atoms with Gasteiger partial charge in [0.2, 0.25) is 0 Å². The van der Waals surface area contributed by atoms with Gasteiger partial charge in [0, 0.05) is 5.39 Å². The van der Waals surface area contributed by atoms with E-state index in [4.69, 9.17) is 4.74 Å². The Labute approximate surface area is 133 Å². The molecule has 2 aromatic carbocycles. The molecule has 23 heavy (non-hydrogen) atoms. The lowest BCUT2D eigenvalue weighted by Crippen LogP contribution is -1.89. The number of nitrogens with zero attached hydrogens (tertiary/aromatic N) is 2. The number of phenols is 1. The maximum absolute atomic E-state index is 9.64. The maximum Gasteiger partial charge on any atom is 0.161 e. The molecule has 3 rings (SSSR count). The van der Waals surface area contributed by atoms with E-state index in [9.17, 15) is 10.4 Å². The van der Waals surface area contributed by atoms with Crippen molar-refractivity contribution >= 4 is 22.6 Å². The summed E-state index contributed by atoms with van der Waals surface area (Å²) in [5.41, 5.74) is 2.65. The van der Waals surface area contributed by atoms with Crippen LogP contribution in [0.5, 0.6) is 11.5 Å². The molecular formula is C19H14N2O2. The van der Waals surface area contributed by atoms with Gasteiger partial charge in [-0.05, 0) is 35.9 Å². The molecule has 0 bridgehead atoms. The molecule has 0 radical (unpaired) electrons. The first-order valence-corrected chi connectivity index (χ1v) is 7.06. The molecule has 1 heterocycles. The summed E-state index contributed by atoms with van der Waals surface area (Å²) in [4.78, 5) is 4.53. The molecule has 4 heteroatoms. The lowest BCUT2D eigenvalue weighted by molar-refractivity contribution is 0.373. The number of rotatable bonds is 3. The zero-order valence-electron chi connectivity index (χ0n) is 12.5. The third kappa shape index (κ3) is 2.99. The second kappa shape index (κ2) is 6.20. The second-order valence-electron chi connectivity index (χ2n) is 4.99. The van der Waals surface area contributed by atoms with Crippen molar-refractivity contribution in [2.45, 2.75) is 0 Å².